The summed E-state index contributed by atoms with van der Waals surface area (Å²) in [6.07, 6.45) is 2.25. The number of esters is 1. The van der Waals surface area contributed by atoms with Gasteiger partial charge in [0.05, 0.1) is 5.60 Å². The van der Waals surface area contributed by atoms with E-state index in [2.05, 4.69) is 4.74 Å². The number of nitrogens with zero attached hydrogens (tertiary/aromatic N) is 1. The summed E-state index contributed by atoms with van der Waals surface area (Å²) in [5.74, 6) is -0.325. The van der Waals surface area contributed by atoms with E-state index in [4.69, 9.17) is 16.4 Å². The molecule has 0 unspecified atom stereocenters. The standard InChI is InChI=1S/C11H20ClNO4/c1-11(2,3)17-13(9-14)7-5-4-6-10(15)16-8-12/h9H,4-8H2,1-3H3. The van der Waals surface area contributed by atoms with E-state index in [9.17, 15) is 9.59 Å². The van der Waals surface area contributed by atoms with Gasteiger partial charge in [0.25, 0.3) is 0 Å². The zero-order chi connectivity index (χ0) is 13.3. The first-order chi connectivity index (χ1) is 7.89. The Morgan fingerprint density at radius 3 is 2.47 bits per heavy atom. The van der Waals surface area contributed by atoms with Crippen molar-refractivity contribution in [2.75, 3.05) is 12.6 Å². The fourth-order valence-electron chi connectivity index (χ4n) is 1.14. The summed E-state index contributed by atoms with van der Waals surface area (Å²) in [6.45, 7) is 6.04. The maximum atomic E-state index is 11.0. The van der Waals surface area contributed by atoms with Gasteiger partial charge in [0.1, 0.15) is 0 Å². The molecule has 0 rings (SSSR count). The van der Waals surface area contributed by atoms with Gasteiger partial charge in [-0.1, -0.05) is 11.6 Å². The van der Waals surface area contributed by atoms with Crippen molar-refractivity contribution in [1.82, 2.24) is 5.06 Å². The molecule has 100 valence electrons. The van der Waals surface area contributed by atoms with Crippen LogP contribution < -0.4 is 0 Å². The van der Waals surface area contributed by atoms with Gasteiger partial charge in [-0.25, -0.2) is 5.06 Å². The highest BCUT2D eigenvalue weighted by Crippen LogP contribution is 2.10. The SMILES string of the molecule is CC(C)(C)ON(C=O)CCCCC(=O)OCCl. The lowest BCUT2D eigenvalue weighted by molar-refractivity contribution is -0.216. The highest BCUT2D eigenvalue weighted by Gasteiger charge is 2.15. The number of carbonyl (C=O) groups excluding carboxylic acids is 2. The third-order valence-corrected chi connectivity index (χ3v) is 1.84. The number of halogens is 1. The van der Waals surface area contributed by atoms with E-state index in [1.165, 1.54) is 5.06 Å². The van der Waals surface area contributed by atoms with Crippen LogP contribution in [0.4, 0.5) is 0 Å². The molecule has 0 aromatic heterocycles. The predicted molar refractivity (Wildman–Crippen MR) is 64.3 cm³/mol. The van der Waals surface area contributed by atoms with Crippen LogP contribution in [0.25, 0.3) is 0 Å². The first kappa shape index (κ1) is 16.2. The summed E-state index contributed by atoms with van der Waals surface area (Å²) in [5.41, 5.74) is -0.404. The number of unbranched alkanes of at least 4 members (excludes halogenated alkanes) is 1. The maximum absolute atomic E-state index is 11.0. The Labute approximate surface area is 107 Å². The van der Waals surface area contributed by atoms with E-state index in [1.54, 1.807) is 0 Å². The molecule has 0 aliphatic heterocycles. The van der Waals surface area contributed by atoms with Gasteiger partial charge in [-0.3, -0.25) is 14.4 Å². The third-order valence-electron chi connectivity index (χ3n) is 1.73. The van der Waals surface area contributed by atoms with E-state index in [1.807, 2.05) is 20.8 Å². The number of carbonyl (C=O) groups is 2. The molecular formula is C11H20ClNO4. The maximum Gasteiger partial charge on any atom is 0.306 e. The Balaban J connectivity index is 3.71. The Morgan fingerprint density at radius 1 is 1.35 bits per heavy atom. The topological polar surface area (TPSA) is 55.8 Å². The lowest BCUT2D eigenvalue weighted by atomic mass is 10.2. The van der Waals surface area contributed by atoms with E-state index in [0.29, 0.717) is 32.2 Å². The van der Waals surface area contributed by atoms with Crippen molar-refractivity contribution in [3.05, 3.63) is 0 Å². The van der Waals surface area contributed by atoms with E-state index >= 15 is 0 Å². The molecule has 5 nitrogen and oxygen atoms in total. The van der Waals surface area contributed by atoms with Crippen molar-refractivity contribution in [3.63, 3.8) is 0 Å². The van der Waals surface area contributed by atoms with Crippen molar-refractivity contribution in [2.24, 2.45) is 0 Å². The van der Waals surface area contributed by atoms with E-state index < -0.39 is 5.60 Å². The second-order valence-electron chi connectivity index (χ2n) is 4.53. The number of hydrogen-bond donors (Lipinski definition) is 0. The van der Waals surface area contributed by atoms with Gasteiger partial charge in [0.2, 0.25) is 6.41 Å². The van der Waals surface area contributed by atoms with E-state index in [-0.39, 0.29) is 12.0 Å². The molecule has 17 heavy (non-hydrogen) atoms. The number of amides is 1. The van der Waals surface area contributed by atoms with Crippen molar-refractivity contribution in [1.29, 1.82) is 0 Å². The molecule has 0 aromatic carbocycles. The highest BCUT2D eigenvalue weighted by molar-refractivity contribution is 6.17. The molecule has 0 saturated heterocycles. The summed E-state index contributed by atoms with van der Waals surface area (Å²) in [5, 5.41) is 1.24. The average Bonchev–Trinajstić information content (AvgIpc) is 2.21. The Morgan fingerprint density at radius 2 is 2.00 bits per heavy atom. The molecule has 0 heterocycles. The van der Waals surface area contributed by atoms with Gasteiger partial charge in [-0.2, -0.15) is 0 Å². The average molecular weight is 266 g/mol. The number of hydrogen-bond acceptors (Lipinski definition) is 4. The number of ether oxygens (including phenoxy) is 1. The van der Waals surface area contributed by atoms with Crippen LogP contribution in [0.1, 0.15) is 40.0 Å². The van der Waals surface area contributed by atoms with Gasteiger partial charge in [-0.15, -0.1) is 0 Å². The molecule has 0 bridgehead atoms. The zero-order valence-corrected chi connectivity index (χ0v) is 11.3. The van der Waals surface area contributed by atoms with Gasteiger partial charge >= 0.3 is 5.97 Å². The molecule has 0 N–H and O–H groups in total. The normalized spacial score (nSPS) is 11.1. The number of alkyl halides is 1. The van der Waals surface area contributed by atoms with E-state index in [0.717, 1.165) is 0 Å². The largest absolute Gasteiger partial charge is 0.449 e. The first-order valence-corrected chi connectivity index (χ1v) is 6.05. The van der Waals surface area contributed by atoms with Crippen LogP contribution in [0.2, 0.25) is 0 Å². The van der Waals surface area contributed by atoms with Crippen molar-refractivity contribution in [2.45, 2.75) is 45.6 Å². The molecule has 0 atom stereocenters. The van der Waals surface area contributed by atoms with Gasteiger partial charge in [0.15, 0.2) is 6.07 Å². The molecule has 6 heteroatoms. The summed E-state index contributed by atoms with van der Waals surface area (Å²) < 4.78 is 4.57. The van der Waals surface area contributed by atoms with Crippen molar-refractivity contribution >= 4 is 24.0 Å². The molecule has 0 aromatic rings. The fourth-order valence-corrected chi connectivity index (χ4v) is 1.26. The quantitative estimate of drug-likeness (QED) is 0.222. The number of rotatable bonds is 8. The molecule has 0 radical (unpaired) electrons. The third kappa shape index (κ3) is 10.1. The lowest BCUT2D eigenvalue weighted by Gasteiger charge is -2.26. The minimum Gasteiger partial charge on any atom is -0.449 e. The smallest absolute Gasteiger partial charge is 0.306 e. The Hall–Kier alpha value is -0.810. The lowest BCUT2D eigenvalue weighted by Crippen LogP contribution is -2.33. The molecule has 0 saturated carbocycles. The molecule has 0 fully saturated rings. The molecule has 0 aliphatic rings. The van der Waals surface area contributed by atoms with Crippen molar-refractivity contribution in [3.8, 4) is 0 Å². The second-order valence-corrected chi connectivity index (χ2v) is 4.75. The number of hydroxylamine groups is 2. The van der Waals surface area contributed by atoms with Gasteiger partial charge < -0.3 is 4.74 Å². The summed E-state index contributed by atoms with van der Waals surface area (Å²) in [6, 6.07) is -0.119. The van der Waals surface area contributed by atoms with Crippen LogP contribution in [-0.4, -0.2) is 35.7 Å². The summed E-state index contributed by atoms with van der Waals surface area (Å²) >= 11 is 5.24. The first-order valence-electron chi connectivity index (χ1n) is 5.51. The second kappa shape index (κ2) is 8.31. The van der Waals surface area contributed by atoms with Crippen LogP contribution >= 0.6 is 11.6 Å². The molecular weight excluding hydrogens is 246 g/mol. The minimum atomic E-state index is -0.404. The molecule has 0 spiro atoms. The Kier molecular flexibility index (Phi) is 7.91. The van der Waals surface area contributed by atoms with Crippen molar-refractivity contribution < 1.29 is 19.2 Å². The minimum absolute atomic E-state index is 0.119. The van der Waals surface area contributed by atoms with Crippen LogP contribution in [0.5, 0.6) is 0 Å². The highest BCUT2D eigenvalue weighted by atomic mass is 35.5. The predicted octanol–water partition coefficient (Wildman–Crippen LogP) is 2.08. The molecule has 0 aliphatic carbocycles. The van der Waals surface area contributed by atoms with Crippen LogP contribution in [-0.2, 0) is 19.2 Å². The van der Waals surface area contributed by atoms with Crippen LogP contribution in [0, 0.1) is 0 Å². The fraction of sp³-hybridized carbons (Fsp3) is 0.818. The monoisotopic (exact) mass is 265 g/mol. The van der Waals surface area contributed by atoms with Gasteiger partial charge in [0, 0.05) is 13.0 Å². The summed E-state index contributed by atoms with van der Waals surface area (Å²) in [4.78, 5) is 27.0. The van der Waals surface area contributed by atoms with Crippen LogP contribution in [0.3, 0.4) is 0 Å². The zero-order valence-electron chi connectivity index (χ0n) is 10.6. The summed E-state index contributed by atoms with van der Waals surface area (Å²) in [7, 11) is 0. The van der Waals surface area contributed by atoms with Crippen LogP contribution in [0.15, 0.2) is 0 Å². The van der Waals surface area contributed by atoms with Gasteiger partial charge in [-0.05, 0) is 33.6 Å². The Bertz CT molecular complexity index is 240. The molecule has 1 amide bonds.